The Morgan fingerprint density at radius 2 is 0.804 bits per heavy atom. The summed E-state index contributed by atoms with van der Waals surface area (Å²) in [6.45, 7) is 2.01. The number of rotatable bonds is 5. The summed E-state index contributed by atoms with van der Waals surface area (Å²) >= 11 is 0. The minimum absolute atomic E-state index is 1.00. The molecular formula is C54H42N2. The molecule has 0 saturated heterocycles. The molecule has 0 fully saturated rings. The SMILES string of the molecule is c1ccc(-c2cc3ccccc3cc2-c2c3ccc(N4CCCc5ccccc54)cc3c(-c3ccccc3)c3ccc(N4CCCc5ccccc54)cc23)cc1. The lowest BCUT2D eigenvalue weighted by Crippen LogP contribution is -2.24. The molecule has 2 nitrogen and oxygen atoms in total. The molecule has 0 aromatic heterocycles. The summed E-state index contributed by atoms with van der Waals surface area (Å²) < 4.78 is 0. The van der Waals surface area contributed by atoms with Crippen LogP contribution in [0.4, 0.5) is 22.7 Å². The van der Waals surface area contributed by atoms with Crippen LogP contribution in [0.25, 0.3) is 65.7 Å². The molecule has 0 unspecified atom stereocenters. The van der Waals surface area contributed by atoms with Crippen LogP contribution < -0.4 is 9.80 Å². The van der Waals surface area contributed by atoms with Crippen LogP contribution >= 0.6 is 0 Å². The molecule has 11 rings (SSSR count). The summed E-state index contributed by atoms with van der Waals surface area (Å²) in [5.41, 5.74) is 15.6. The molecule has 0 spiro atoms. The van der Waals surface area contributed by atoms with Crippen molar-refractivity contribution in [3.05, 3.63) is 193 Å². The number of fused-ring (bicyclic) bond motifs is 5. The van der Waals surface area contributed by atoms with Gasteiger partial charge >= 0.3 is 0 Å². The van der Waals surface area contributed by atoms with Crippen molar-refractivity contribution >= 4 is 55.1 Å². The lowest BCUT2D eigenvalue weighted by atomic mass is 9.82. The Balaban J connectivity index is 1.27. The van der Waals surface area contributed by atoms with E-state index >= 15 is 0 Å². The number of hydrogen-bond acceptors (Lipinski definition) is 2. The fraction of sp³-hybridized carbons (Fsp3) is 0.111. The molecule has 2 aliphatic rings. The summed E-state index contributed by atoms with van der Waals surface area (Å²) in [6.07, 6.45) is 4.53. The minimum atomic E-state index is 1.00. The van der Waals surface area contributed by atoms with E-state index < -0.39 is 0 Å². The molecule has 0 amide bonds. The zero-order chi connectivity index (χ0) is 37.0. The molecule has 2 aliphatic heterocycles. The lowest BCUT2D eigenvalue weighted by Gasteiger charge is -2.32. The van der Waals surface area contributed by atoms with E-state index in [1.807, 2.05) is 0 Å². The second-order valence-corrected chi connectivity index (χ2v) is 15.5. The van der Waals surface area contributed by atoms with Crippen LogP contribution in [0.5, 0.6) is 0 Å². The van der Waals surface area contributed by atoms with E-state index in [0.29, 0.717) is 0 Å². The maximum absolute atomic E-state index is 2.55. The molecular weight excluding hydrogens is 677 g/mol. The van der Waals surface area contributed by atoms with Gasteiger partial charge in [-0.1, -0.05) is 133 Å². The summed E-state index contributed by atoms with van der Waals surface area (Å²) in [7, 11) is 0. The van der Waals surface area contributed by atoms with Crippen molar-refractivity contribution in [2.45, 2.75) is 25.7 Å². The molecule has 268 valence electrons. The third-order valence-corrected chi connectivity index (χ3v) is 12.2. The van der Waals surface area contributed by atoms with Crippen molar-refractivity contribution in [2.75, 3.05) is 22.9 Å². The third-order valence-electron chi connectivity index (χ3n) is 12.2. The van der Waals surface area contributed by atoms with Crippen molar-refractivity contribution in [1.29, 1.82) is 0 Å². The van der Waals surface area contributed by atoms with E-state index in [9.17, 15) is 0 Å². The van der Waals surface area contributed by atoms with Crippen molar-refractivity contribution in [3.8, 4) is 33.4 Å². The Labute approximate surface area is 328 Å². The fourth-order valence-corrected chi connectivity index (χ4v) is 9.65. The van der Waals surface area contributed by atoms with Crippen molar-refractivity contribution < 1.29 is 0 Å². The first-order valence-electron chi connectivity index (χ1n) is 20.2. The Kier molecular flexibility index (Phi) is 7.95. The van der Waals surface area contributed by atoms with Crippen molar-refractivity contribution in [2.24, 2.45) is 0 Å². The average Bonchev–Trinajstić information content (AvgIpc) is 3.27. The monoisotopic (exact) mass is 718 g/mol. The van der Waals surface area contributed by atoms with E-state index in [2.05, 4.69) is 192 Å². The first-order valence-corrected chi connectivity index (χ1v) is 20.2. The first kappa shape index (κ1) is 32.8. The molecule has 2 heterocycles. The summed E-state index contributed by atoms with van der Waals surface area (Å²) in [4.78, 5) is 5.09. The van der Waals surface area contributed by atoms with Crippen LogP contribution in [-0.4, -0.2) is 13.1 Å². The molecule has 9 aromatic carbocycles. The second-order valence-electron chi connectivity index (χ2n) is 15.5. The Morgan fingerprint density at radius 1 is 0.339 bits per heavy atom. The normalized spacial score (nSPS) is 13.9. The van der Waals surface area contributed by atoms with E-state index in [1.54, 1.807) is 0 Å². The van der Waals surface area contributed by atoms with Crippen LogP contribution in [0.2, 0.25) is 0 Å². The number of nitrogens with zero attached hydrogens (tertiary/aromatic N) is 2. The zero-order valence-corrected chi connectivity index (χ0v) is 31.5. The van der Waals surface area contributed by atoms with Crippen LogP contribution in [0.3, 0.4) is 0 Å². The molecule has 56 heavy (non-hydrogen) atoms. The van der Waals surface area contributed by atoms with Gasteiger partial charge in [-0.2, -0.15) is 0 Å². The average molecular weight is 719 g/mol. The molecule has 9 aromatic rings. The molecule has 0 N–H and O–H groups in total. The molecule has 0 bridgehead atoms. The minimum Gasteiger partial charge on any atom is -0.341 e. The fourth-order valence-electron chi connectivity index (χ4n) is 9.65. The van der Waals surface area contributed by atoms with Gasteiger partial charge in [0.2, 0.25) is 0 Å². The van der Waals surface area contributed by atoms with Gasteiger partial charge in [0.1, 0.15) is 0 Å². The highest BCUT2D eigenvalue weighted by Crippen LogP contribution is 2.50. The molecule has 0 atom stereocenters. The van der Waals surface area contributed by atoms with Gasteiger partial charge in [-0.15, -0.1) is 0 Å². The zero-order valence-electron chi connectivity index (χ0n) is 31.5. The number of benzene rings is 9. The Morgan fingerprint density at radius 3 is 1.39 bits per heavy atom. The predicted octanol–water partition coefficient (Wildman–Crippen LogP) is 14.3. The van der Waals surface area contributed by atoms with Gasteiger partial charge in [0.25, 0.3) is 0 Å². The van der Waals surface area contributed by atoms with Gasteiger partial charge in [-0.05, 0) is 151 Å². The number of anilines is 4. The highest BCUT2D eigenvalue weighted by Gasteiger charge is 2.25. The van der Waals surface area contributed by atoms with E-state index in [1.165, 1.54) is 99.6 Å². The van der Waals surface area contributed by atoms with Crippen molar-refractivity contribution in [1.82, 2.24) is 0 Å². The van der Waals surface area contributed by atoms with Crippen LogP contribution in [-0.2, 0) is 12.8 Å². The molecule has 0 radical (unpaired) electrons. The van der Waals surface area contributed by atoms with E-state index in [-0.39, 0.29) is 0 Å². The van der Waals surface area contributed by atoms with Gasteiger partial charge < -0.3 is 9.80 Å². The quantitative estimate of drug-likeness (QED) is 0.164. The van der Waals surface area contributed by atoms with Crippen LogP contribution in [0.15, 0.2) is 182 Å². The highest BCUT2D eigenvalue weighted by molar-refractivity contribution is 6.24. The van der Waals surface area contributed by atoms with Gasteiger partial charge in [0, 0.05) is 35.8 Å². The van der Waals surface area contributed by atoms with Crippen LogP contribution in [0.1, 0.15) is 24.0 Å². The maximum Gasteiger partial charge on any atom is 0.0443 e. The Hall–Kier alpha value is -6.64. The second kappa shape index (κ2) is 13.6. The predicted molar refractivity (Wildman–Crippen MR) is 239 cm³/mol. The van der Waals surface area contributed by atoms with Gasteiger partial charge in [-0.25, -0.2) is 0 Å². The lowest BCUT2D eigenvalue weighted by molar-refractivity contribution is 0.767. The van der Waals surface area contributed by atoms with E-state index in [4.69, 9.17) is 0 Å². The standard InChI is InChI=1S/C54H42N2/c1-3-15-37(16-4-1)47-33-41-21-7-8-22-42(41)34-48(47)54-46-30-28-43(55-31-13-23-38-17-9-11-25-51(38)55)35-49(46)53(40-19-5-2-6-20-40)45-29-27-44(36-50(45)54)56-32-14-24-39-18-10-12-26-52(39)56/h1-12,15-22,25-30,33-36H,13-14,23-24,31-32H2. The number of para-hydroxylation sites is 2. The van der Waals surface area contributed by atoms with E-state index in [0.717, 1.165) is 38.8 Å². The topological polar surface area (TPSA) is 6.48 Å². The van der Waals surface area contributed by atoms with Gasteiger partial charge in [0.05, 0.1) is 0 Å². The Bertz CT molecular complexity index is 2930. The molecule has 2 heteroatoms. The van der Waals surface area contributed by atoms with Crippen molar-refractivity contribution in [3.63, 3.8) is 0 Å². The molecule has 0 saturated carbocycles. The number of hydrogen-bond donors (Lipinski definition) is 0. The van der Waals surface area contributed by atoms with Gasteiger partial charge in [-0.3, -0.25) is 0 Å². The highest BCUT2D eigenvalue weighted by atomic mass is 15.1. The first-order chi connectivity index (χ1) is 27.8. The summed E-state index contributed by atoms with van der Waals surface area (Å²) in [6, 6.07) is 68.2. The maximum atomic E-state index is 2.55. The van der Waals surface area contributed by atoms with Gasteiger partial charge in [0.15, 0.2) is 0 Å². The smallest absolute Gasteiger partial charge is 0.0443 e. The summed E-state index contributed by atoms with van der Waals surface area (Å²) in [5, 5.41) is 7.60. The summed E-state index contributed by atoms with van der Waals surface area (Å²) in [5.74, 6) is 0. The largest absolute Gasteiger partial charge is 0.341 e. The number of aryl methyl sites for hydroxylation is 2. The third kappa shape index (κ3) is 5.47. The molecule has 0 aliphatic carbocycles. The van der Waals surface area contributed by atoms with Crippen LogP contribution in [0, 0.1) is 0 Å².